The molecular formula is C52H42IrN4+. The van der Waals surface area contributed by atoms with Gasteiger partial charge in [-0.25, -0.2) is 0 Å². The molecule has 1 unspecified atom stereocenters. The van der Waals surface area contributed by atoms with E-state index in [1.54, 1.807) is 0 Å². The van der Waals surface area contributed by atoms with Crippen molar-refractivity contribution < 1.29 is 24.7 Å². The monoisotopic (exact) mass is 915 g/mol. The minimum absolute atomic E-state index is 0. The van der Waals surface area contributed by atoms with Crippen molar-refractivity contribution >= 4 is 22.1 Å². The molecule has 11 rings (SSSR count). The van der Waals surface area contributed by atoms with E-state index >= 15 is 0 Å². The minimum Gasteiger partial charge on any atom is -0.342 e. The topological polar surface area (TPSA) is 26.6 Å². The molecule has 0 spiro atoms. The van der Waals surface area contributed by atoms with Gasteiger partial charge in [0.15, 0.2) is 0 Å². The minimum atomic E-state index is 0. The second kappa shape index (κ2) is 14.6. The van der Waals surface area contributed by atoms with Gasteiger partial charge in [-0.15, -0.1) is 35.9 Å². The number of aromatic nitrogens is 4. The van der Waals surface area contributed by atoms with Crippen LogP contribution in [0.15, 0.2) is 146 Å². The summed E-state index contributed by atoms with van der Waals surface area (Å²) < 4.78 is 6.55. The summed E-state index contributed by atoms with van der Waals surface area (Å²) in [7, 11) is 2.07. The zero-order valence-corrected chi connectivity index (χ0v) is 35.1. The maximum absolute atomic E-state index is 4.99. The van der Waals surface area contributed by atoms with Gasteiger partial charge in [-0.05, 0) is 74.0 Å². The Labute approximate surface area is 348 Å². The number of hydrogen-bond donors (Lipinski definition) is 0. The van der Waals surface area contributed by atoms with Crippen LogP contribution in [0.25, 0.3) is 67.1 Å². The average Bonchev–Trinajstić information content (AvgIpc) is 3.98. The summed E-state index contributed by atoms with van der Waals surface area (Å²) in [6, 6.07) is 58.3. The van der Waals surface area contributed by atoms with Crippen LogP contribution in [0.1, 0.15) is 73.3 Å². The van der Waals surface area contributed by atoms with Crippen molar-refractivity contribution in [2.75, 3.05) is 0 Å². The van der Waals surface area contributed by atoms with E-state index in [2.05, 4.69) is 176 Å². The molecule has 2 heterocycles. The summed E-state index contributed by atoms with van der Waals surface area (Å²) in [5.41, 5.74) is 20.3. The van der Waals surface area contributed by atoms with Crippen molar-refractivity contribution in [2.24, 2.45) is 7.05 Å². The fourth-order valence-corrected chi connectivity index (χ4v) is 9.03. The van der Waals surface area contributed by atoms with E-state index in [0.29, 0.717) is 17.8 Å². The Hall–Kier alpha value is -5.87. The Balaban J connectivity index is 0.000000146. The molecule has 0 N–H and O–H groups in total. The van der Waals surface area contributed by atoms with Gasteiger partial charge in [0.1, 0.15) is 0 Å². The molecule has 2 aliphatic rings. The Morgan fingerprint density at radius 1 is 0.614 bits per heavy atom. The molecule has 0 fully saturated rings. The van der Waals surface area contributed by atoms with E-state index in [1.165, 1.54) is 66.8 Å². The zero-order chi connectivity index (χ0) is 38.1. The Bertz CT molecular complexity index is 2910. The summed E-state index contributed by atoms with van der Waals surface area (Å²) in [5.74, 6) is 2.12. The molecule has 0 aliphatic heterocycles. The van der Waals surface area contributed by atoms with Gasteiger partial charge in [-0.3, -0.25) is 4.98 Å². The first-order valence-corrected chi connectivity index (χ1v) is 19.6. The fourth-order valence-electron chi connectivity index (χ4n) is 9.03. The maximum atomic E-state index is 4.99. The van der Waals surface area contributed by atoms with Gasteiger partial charge in [0, 0.05) is 11.6 Å². The molecule has 0 amide bonds. The van der Waals surface area contributed by atoms with Crippen LogP contribution in [0.4, 0.5) is 0 Å². The van der Waals surface area contributed by atoms with Gasteiger partial charge < -0.3 is 13.7 Å². The number of imidazole rings is 2. The number of benzene rings is 7. The molecular weight excluding hydrogens is 873 g/mol. The summed E-state index contributed by atoms with van der Waals surface area (Å²) in [5, 5.41) is 0. The molecule has 278 valence electrons. The number of hydrogen-bond acceptors (Lipinski definition) is 1. The smallest absolute Gasteiger partial charge is 0.342 e. The van der Waals surface area contributed by atoms with Gasteiger partial charge in [-0.1, -0.05) is 118 Å². The average molecular weight is 915 g/mol. The second-order valence-corrected chi connectivity index (χ2v) is 15.6. The van der Waals surface area contributed by atoms with Crippen LogP contribution in [0.2, 0.25) is 0 Å². The summed E-state index contributed by atoms with van der Waals surface area (Å²) in [4.78, 5) is 4.99. The predicted octanol–water partition coefficient (Wildman–Crippen LogP) is 11.9. The zero-order valence-electron chi connectivity index (χ0n) is 32.7. The molecule has 5 heteroatoms. The Morgan fingerprint density at radius 3 is 1.98 bits per heavy atom. The van der Waals surface area contributed by atoms with Crippen LogP contribution in [-0.2, 0) is 27.2 Å². The molecule has 0 saturated carbocycles. The molecule has 57 heavy (non-hydrogen) atoms. The van der Waals surface area contributed by atoms with Crippen molar-refractivity contribution in [3.8, 4) is 45.0 Å². The predicted molar refractivity (Wildman–Crippen MR) is 227 cm³/mol. The molecule has 7 aromatic carbocycles. The normalized spacial score (nSPS) is 13.4. The van der Waals surface area contributed by atoms with Crippen molar-refractivity contribution in [1.29, 1.82) is 0 Å². The molecule has 2 aromatic heterocycles. The quantitative estimate of drug-likeness (QED) is 0.125. The molecule has 0 saturated heterocycles. The first-order valence-electron chi connectivity index (χ1n) is 19.6. The first kappa shape index (κ1) is 36.7. The molecule has 4 nitrogen and oxygen atoms in total. The third-order valence-electron chi connectivity index (χ3n) is 11.6. The number of aryl methyl sites for hydroxylation is 1. The van der Waals surface area contributed by atoms with Crippen molar-refractivity contribution in [1.82, 2.24) is 14.1 Å². The summed E-state index contributed by atoms with van der Waals surface area (Å²) >= 11 is 0. The number of fused-ring (bicyclic) bond motifs is 8. The Kier molecular flexibility index (Phi) is 9.39. The Morgan fingerprint density at radius 2 is 1.26 bits per heavy atom. The summed E-state index contributed by atoms with van der Waals surface area (Å²) in [6.07, 6.45) is 3.46. The first-order chi connectivity index (χ1) is 27.4. The molecule has 0 radical (unpaired) electrons. The van der Waals surface area contributed by atoms with E-state index in [1.807, 2.05) is 36.4 Å². The van der Waals surface area contributed by atoms with Gasteiger partial charge in [0.25, 0.3) is 0 Å². The van der Waals surface area contributed by atoms with Crippen LogP contribution < -0.4 is 4.57 Å². The van der Waals surface area contributed by atoms with E-state index in [4.69, 9.17) is 4.98 Å². The standard InChI is InChI=1S/C27H17N2.C25H25N2.Ir/c1-28-16-29(17-8-3-2-4-9-17)25-15-23-22(14-24(25)28)21-13-7-12-20-18-10-5-6-11-19(18)27(23)26(20)21;1-17(2)20-13-10-14-21(18(3)4)24(20)27-23-16-9-8-15-22(23)26-25(27)19-11-6-5-7-12-19;/h2-8,10-15,27H,1H3;5-11,13-18H,1-4H3;/q2*-1;+3. The third kappa shape index (κ3) is 5.91. The van der Waals surface area contributed by atoms with E-state index < -0.39 is 0 Å². The molecule has 0 bridgehead atoms. The van der Waals surface area contributed by atoms with Crippen LogP contribution in [-0.4, -0.2) is 14.1 Å². The third-order valence-corrected chi connectivity index (χ3v) is 11.6. The van der Waals surface area contributed by atoms with E-state index in [-0.39, 0.29) is 20.1 Å². The van der Waals surface area contributed by atoms with Gasteiger partial charge in [0.05, 0.1) is 34.9 Å². The number of rotatable bonds is 5. The number of para-hydroxylation sites is 4. The van der Waals surface area contributed by atoms with Crippen LogP contribution in [0.5, 0.6) is 0 Å². The van der Waals surface area contributed by atoms with E-state index in [0.717, 1.165) is 28.1 Å². The SMILES string of the molecule is CC(C)c1cccc(C(C)C)c1-n1c(-c2[c-]cccc2)nc2ccccc21.C[n+]1[c-]n(-c2[c-]cccc2)c2cc3c(cc21)-c1cccc2c1C3c1ccccc1-2.[Ir+3]. The maximum Gasteiger partial charge on any atom is 3.00 e. The van der Waals surface area contributed by atoms with Crippen molar-refractivity contribution in [2.45, 2.75) is 45.4 Å². The van der Waals surface area contributed by atoms with Gasteiger partial charge >= 0.3 is 20.1 Å². The molecule has 2 aliphatic carbocycles. The molecule has 9 aromatic rings. The van der Waals surface area contributed by atoms with Crippen molar-refractivity contribution in [3.05, 3.63) is 192 Å². The second-order valence-electron chi connectivity index (χ2n) is 15.6. The van der Waals surface area contributed by atoms with Gasteiger partial charge in [0.2, 0.25) is 6.33 Å². The van der Waals surface area contributed by atoms with Crippen LogP contribution in [0, 0.1) is 18.5 Å². The van der Waals surface area contributed by atoms with Crippen LogP contribution in [0.3, 0.4) is 0 Å². The largest absolute Gasteiger partial charge is 3.00 e. The fraction of sp³-hybridized carbons (Fsp3) is 0.154. The van der Waals surface area contributed by atoms with Crippen molar-refractivity contribution in [3.63, 3.8) is 0 Å². The van der Waals surface area contributed by atoms with Crippen LogP contribution >= 0.6 is 0 Å². The van der Waals surface area contributed by atoms with E-state index in [9.17, 15) is 0 Å². The summed E-state index contributed by atoms with van der Waals surface area (Å²) in [6.45, 7) is 9.04. The number of nitrogens with zero attached hydrogens (tertiary/aromatic N) is 4. The molecule has 1 atom stereocenters. The van der Waals surface area contributed by atoms with Gasteiger partial charge in [-0.2, -0.15) is 30.3 Å².